The third kappa shape index (κ3) is 3.62. The number of amides is 1. The summed E-state index contributed by atoms with van der Waals surface area (Å²) >= 11 is 0. The lowest BCUT2D eigenvalue weighted by Gasteiger charge is -2.31. The predicted molar refractivity (Wildman–Crippen MR) is 82.9 cm³/mol. The highest BCUT2D eigenvalue weighted by Crippen LogP contribution is 2.26. The zero-order valence-corrected chi connectivity index (χ0v) is 12.6. The van der Waals surface area contributed by atoms with Crippen molar-refractivity contribution in [1.29, 1.82) is 0 Å². The first-order chi connectivity index (χ1) is 10.3. The van der Waals surface area contributed by atoms with E-state index in [1.54, 1.807) is 0 Å². The lowest BCUT2D eigenvalue weighted by molar-refractivity contribution is -0.137. The molecule has 1 unspecified atom stereocenters. The predicted octanol–water partition coefficient (Wildman–Crippen LogP) is 2.00. The molecule has 0 aliphatic carbocycles. The topological polar surface area (TPSA) is 45.2 Å². The van der Waals surface area contributed by atoms with Gasteiger partial charge in [0.15, 0.2) is 0 Å². The zero-order chi connectivity index (χ0) is 14.5. The number of carbonyl (C=O) groups is 1. The number of nitrogens with zero attached hydrogens (tertiary/aromatic N) is 2. The molecule has 1 amide bonds. The normalized spacial score (nSPS) is 23.4. The summed E-state index contributed by atoms with van der Waals surface area (Å²) in [7, 11) is 0. The SMILES string of the molecule is O=C(C1CCNCC1)N1CCCC1CCc1ccncc1. The number of aromatic nitrogens is 1. The molecular formula is C17H25N3O. The van der Waals surface area contributed by atoms with E-state index in [0.717, 1.165) is 51.7 Å². The van der Waals surface area contributed by atoms with Crippen molar-refractivity contribution < 1.29 is 4.79 Å². The molecule has 0 aromatic carbocycles. The summed E-state index contributed by atoms with van der Waals surface area (Å²) in [6.07, 6.45) is 10.2. The third-order valence-electron chi connectivity index (χ3n) is 4.86. The quantitative estimate of drug-likeness (QED) is 0.921. The monoisotopic (exact) mass is 287 g/mol. The van der Waals surface area contributed by atoms with E-state index in [2.05, 4.69) is 27.3 Å². The molecule has 2 aliphatic rings. The highest BCUT2D eigenvalue weighted by Gasteiger charge is 2.33. The van der Waals surface area contributed by atoms with E-state index < -0.39 is 0 Å². The van der Waals surface area contributed by atoms with Gasteiger partial charge in [-0.15, -0.1) is 0 Å². The van der Waals surface area contributed by atoms with E-state index in [-0.39, 0.29) is 5.92 Å². The van der Waals surface area contributed by atoms with Crippen LogP contribution in [0.5, 0.6) is 0 Å². The molecular weight excluding hydrogens is 262 g/mol. The molecule has 2 saturated heterocycles. The van der Waals surface area contributed by atoms with E-state index in [9.17, 15) is 4.79 Å². The van der Waals surface area contributed by atoms with Crippen LogP contribution < -0.4 is 5.32 Å². The van der Waals surface area contributed by atoms with Crippen molar-refractivity contribution in [1.82, 2.24) is 15.2 Å². The maximum absolute atomic E-state index is 12.7. The van der Waals surface area contributed by atoms with E-state index >= 15 is 0 Å². The molecule has 21 heavy (non-hydrogen) atoms. The summed E-state index contributed by atoms with van der Waals surface area (Å²) in [5.74, 6) is 0.668. The maximum atomic E-state index is 12.7. The second kappa shape index (κ2) is 7.03. The summed E-state index contributed by atoms with van der Waals surface area (Å²) in [5.41, 5.74) is 1.33. The molecule has 0 radical (unpaired) electrons. The van der Waals surface area contributed by atoms with Gasteiger partial charge in [-0.3, -0.25) is 9.78 Å². The summed E-state index contributed by atoms with van der Waals surface area (Å²) in [6, 6.07) is 4.60. The van der Waals surface area contributed by atoms with Gasteiger partial charge < -0.3 is 10.2 Å². The molecule has 1 aromatic rings. The van der Waals surface area contributed by atoms with Crippen LogP contribution in [0.25, 0.3) is 0 Å². The molecule has 4 heteroatoms. The first-order valence-electron chi connectivity index (χ1n) is 8.24. The van der Waals surface area contributed by atoms with Crippen molar-refractivity contribution in [2.24, 2.45) is 5.92 Å². The maximum Gasteiger partial charge on any atom is 0.226 e. The van der Waals surface area contributed by atoms with Crippen LogP contribution in [0.1, 0.15) is 37.7 Å². The lowest BCUT2D eigenvalue weighted by Crippen LogP contribution is -2.43. The van der Waals surface area contributed by atoms with Crippen LogP contribution in [0.3, 0.4) is 0 Å². The van der Waals surface area contributed by atoms with Crippen molar-refractivity contribution in [2.45, 2.75) is 44.6 Å². The first-order valence-corrected chi connectivity index (χ1v) is 8.24. The van der Waals surface area contributed by atoms with Crippen LogP contribution >= 0.6 is 0 Å². The van der Waals surface area contributed by atoms with Gasteiger partial charge in [0, 0.05) is 30.9 Å². The van der Waals surface area contributed by atoms with Crippen molar-refractivity contribution >= 4 is 5.91 Å². The number of nitrogens with one attached hydrogen (secondary N) is 1. The highest BCUT2D eigenvalue weighted by molar-refractivity contribution is 5.79. The van der Waals surface area contributed by atoms with Gasteiger partial charge in [-0.1, -0.05) is 0 Å². The van der Waals surface area contributed by atoms with Crippen molar-refractivity contribution in [2.75, 3.05) is 19.6 Å². The van der Waals surface area contributed by atoms with E-state index in [4.69, 9.17) is 0 Å². The molecule has 2 aliphatic heterocycles. The van der Waals surface area contributed by atoms with E-state index in [0.29, 0.717) is 11.9 Å². The molecule has 1 aromatic heterocycles. The second-order valence-electron chi connectivity index (χ2n) is 6.25. The fraction of sp³-hybridized carbons (Fsp3) is 0.647. The number of rotatable bonds is 4. The summed E-state index contributed by atoms with van der Waals surface area (Å²) in [5, 5.41) is 3.34. The largest absolute Gasteiger partial charge is 0.339 e. The summed E-state index contributed by atoms with van der Waals surface area (Å²) in [4.78, 5) is 18.9. The smallest absolute Gasteiger partial charge is 0.226 e. The minimum Gasteiger partial charge on any atom is -0.339 e. The Hall–Kier alpha value is -1.42. The van der Waals surface area contributed by atoms with Crippen LogP contribution in [0, 0.1) is 5.92 Å². The Morgan fingerprint density at radius 3 is 2.76 bits per heavy atom. The summed E-state index contributed by atoms with van der Waals surface area (Å²) < 4.78 is 0. The van der Waals surface area contributed by atoms with Crippen molar-refractivity contribution in [3.05, 3.63) is 30.1 Å². The standard InChI is InChI=1S/C17H25N3O/c21-17(15-7-11-19-12-8-15)20-13-1-2-16(20)4-3-14-5-9-18-10-6-14/h5-6,9-10,15-16,19H,1-4,7-8,11-13H2. The average Bonchev–Trinajstić information content (AvgIpc) is 3.02. The van der Waals surface area contributed by atoms with Gasteiger partial charge >= 0.3 is 0 Å². The Bertz CT molecular complexity index is 456. The molecule has 0 spiro atoms. The Morgan fingerprint density at radius 1 is 1.24 bits per heavy atom. The number of hydrogen-bond donors (Lipinski definition) is 1. The molecule has 1 atom stereocenters. The molecule has 0 saturated carbocycles. The minimum atomic E-state index is 0.257. The number of aryl methyl sites for hydroxylation is 1. The zero-order valence-electron chi connectivity index (χ0n) is 12.6. The Kier molecular flexibility index (Phi) is 4.86. The third-order valence-corrected chi connectivity index (χ3v) is 4.86. The molecule has 4 nitrogen and oxygen atoms in total. The van der Waals surface area contributed by atoms with E-state index in [1.165, 1.54) is 12.0 Å². The number of likely N-dealkylation sites (tertiary alicyclic amines) is 1. The van der Waals surface area contributed by atoms with Gasteiger partial charge in [0.2, 0.25) is 5.91 Å². The van der Waals surface area contributed by atoms with Crippen molar-refractivity contribution in [3.63, 3.8) is 0 Å². The Balaban J connectivity index is 1.56. The Labute approximate surface area is 126 Å². The van der Waals surface area contributed by atoms with Gasteiger partial charge in [0.1, 0.15) is 0 Å². The van der Waals surface area contributed by atoms with Gasteiger partial charge in [0.25, 0.3) is 0 Å². The minimum absolute atomic E-state index is 0.257. The fourth-order valence-corrected chi connectivity index (χ4v) is 3.61. The number of carbonyl (C=O) groups excluding carboxylic acids is 1. The van der Waals surface area contributed by atoms with Crippen LogP contribution in [0.4, 0.5) is 0 Å². The van der Waals surface area contributed by atoms with Gasteiger partial charge in [-0.25, -0.2) is 0 Å². The molecule has 0 bridgehead atoms. The molecule has 3 rings (SSSR count). The summed E-state index contributed by atoms with van der Waals surface area (Å²) in [6.45, 7) is 2.95. The van der Waals surface area contributed by atoms with Crippen molar-refractivity contribution in [3.8, 4) is 0 Å². The fourth-order valence-electron chi connectivity index (χ4n) is 3.61. The molecule has 114 valence electrons. The van der Waals surface area contributed by atoms with Gasteiger partial charge in [0.05, 0.1) is 0 Å². The van der Waals surface area contributed by atoms with Crippen LogP contribution in [-0.2, 0) is 11.2 Å². The van der Waals surface area contributed by atoms with Crippen LogP contribution in [-0.4, -0.2) is 41.5 Å². The van der Waals surface area contributed by atoms with Gasteiger partial charge in [-0.2, -0.15) is 0 Å². The van der Waals surface area contributed by atoms with Gasteiger partial charge in [-0.05, 0) is 69.3 Å². The van der Waals surface area contributed by atoms with Crippen LogP contribution in [0.15, 0.2) is 24.5 Å². The Morgan fingerprint density at radius 2 is 2.00 bits per heavy atom. The van der Waals surface area contributed by atoms with E-state index in [1.807, 2.05) is 12.4 Å². The van der Waals surface area contributed by atoms with Crippen LogP contribution in [0.2, 0.25) is 0 Å². The molecule has 2 fully saturated rings. The highest BCUT2D eigenvalue weighted by atomic mass is 16.2. The molecule has 1 N–H and O–H groups in total. The number of hydrogen-bond acceptors (Lipinski definition) is 3. The second-order valence-corrected chi connectivity index (χ2v) is 6.25. The first kappa shape index (κ1) is 14.5. The number of piperidine rings is 1. The average molecular weight is 287 g/mol. The molecule has 3 heterocycles. The lowest BCUT2D eigenvalue weighted by atomic mass is 9.95. The number of pyridine rings is 1.